The zero-order valence-electron chi connectivity index (χ0n) is 13.4. The lowest BCUT2D eigenvalue weighted by atomic mass is 9.89. The van der Waals surface area contributed by atoms with E-state index in [2.05, 4.69) is 27.1 Å². The van der Waals surface area contributed by atoms with Gasteiger partial charge in [-0.15, -0.1) is 0 Å². The number of nitrogens with one attached hydrogen (secondary N) is 1. The summed E-state index contributed by atoms with van der Waals surface area (Å²) in [6.07, 6.45) is 2.62. The molecule has 0 aliphatic carbocycles. The second kappa shape index (κ2) is 5.87. The first-order chi connectivity index (χ1) is 9.91. The summed E-state index contributed by atoms with van der Waals surface area (Å²) < 4.78 is 0. The van der Waals surface area contributed by atoms with Crippen molar-refractivity contribution in [2.45, 2.75) is 40.0 Å². The van der Waals surface area contributed by atoms with Gasteiger partial charge in [-0.1, -0.05) is 6.92 Å². The van der Waals surface area contributed by atoms with Crippen LogP contribution in [-0.4, -0.2) is 36.0 Å². The van der Waals surface area contributed by atoms with Crippen LogP contribution in [0.5, 0.6) is 0 Å². The first kappa shape index (κ1) is 15.5. The number of hydrogen-bond donors (Lipinski definition) is 2. The lowest BCUT2D eigenvalue weighted by Crippen LogP contribution is -2.39. The van der Waals surface area contributed by atoms with Gasteiger partial charge in [0.1, 0.15) is 17.5 Å². The van der Waals surface area contributed by atoms with E-state index in [1.165, 1.54) is 0 Å². The molecular formula is C15H25N5O. The Bertz CT molecular complexity index is 545. The maximum absolute atomic E-state index is 12.0. The largest absolute Gasteiger partial charge is 0.383 e. The number of rotatable bonds is 4. The number of carbonyl (C=O) groups is 1. The molecule has 0 bridgehead atoms. The first-order valence-electron chi connectivity index (χ1n) is 7.51. The minimum atomic E-state index is -0.369. The standard InChI is InChI=1S/C15H25N5O/c1-5-6-11-18-12(16)10(2)13(19-11)20-8-7-15(3,9-20)14(21)17-4/h5-9H2,1-4H3,(H,17,21)(H2,16,18,19). The summed E-state index contributed by atoms with van der Waals surface area (Å²) in [5.41, 5.74) is 6.55. The fourth-order valence-corrected chi connectivity index (χ4v) is 2.84. The Kier molecular flexibility index (Phi) is 4.34. The molecule has 1 atom stereocenters. The van der Waals surface area contributed by atoms with E-state index in [0.717, 1.165) is 43.0 Å². The van der Waals surface area contributed by atoms with Crippen LogP contribution >= 0.6 is 0 Å². The van der Waals surface area contributed by atoms with Crippen molar-refractivity contribution in [1.29, 1.82) is 0 Å². The molecule has 1 aromatic heterocycles. The molecule has 3 N–H and O–H groups in total. The second-order valence-electron chi connectivity index (χ2n) is 6.04. The SMILES string of the molecule is CCCc1nc(N)c(C)c(N2CCC(C)(C(=O)NC)C2)n1. The van der Waals surface area contributed by atoms with Gasteiger partial charge in [-0.3, -0.25) is 4.79 Å². The maximum atomic E-state index is 12.0. The van der Waals surface area contributed by atoms with Crippen LogP contribution in [0.1, 0.15) is 38.1 Å². The number of nitrogen functional groups attached to an aromatic ring is 1. The van der Waals surface area contributed by atoms with Crippen LogP contribution in [0.25, 0.3) is 0 Å². The van der Waals surface area contributed by atoms with Gasteiger partial charge in [0.25, 0.3) is 0 Å². The number of aromatic nitrogens is 2. The Hall–Kier alpha value is -1.85. The Morgan fingerprint density at radius 3 is 2.81 bits per heavy atom. The molecular weight excluding hydrogens is 266 g/mol. The van der Waals surface area contributed by atoms with Gasteiger partial charge in [0.05, 0.1) is 5.41 Å². The van der Waals surface area contributed by atoms with Gasteiger partial charge in [0, 0.05) is 32.1 Å². The average molecular weight is 291 g/mol. The van der Waals surface area contributed by atoms with Crippen LogP contribution in [0.3, 0.4) is 0 Å². The molecule has 1 unspecified atom stereocenters. The van der Waals surface area contributed by atoms with Gasteiger partial charge in [-0.05, 0) is 26.7 Å². The molecule has 0 aromatic carbocycles. The van der Waals surface area contributed by atoms with Gasteiger partial charge in [0.15, 0.2) is 0 Å². The normalized spacial score (nSPS) is 21.6. The Labute approximate surface area is 126 Å². The van der Waals surface area contributed by atoms with Gasteiger partial charge in [0.2, 0.25) is 5.91 Å². The summed E-state index contributed by atoms with van der Waals surface area (Å²) in [7, 11) is 1.68. The third-order valence-corrected chi connectivity index (χ3v) is 4.23. The third kappa shape index (κ3) is 2.94. The molecule has 6 nitrogen and oxygen atoms in total. The summed E-state index contributed by atoms with van der Waals surface area (Å²) in [6, 6.07) is 0. The lowest BCUT2D eigenvalue weighted by molar-refractivity contribution is -0.128. The molecule has 1 saturated heterocycles. The van der Waals surface area contributed by atoms with Gasteiger partial charge < -0.3 is 16.0 Å². The van der Waals surface area contributed by atoms with Crippen LogP contribution in [0, 0.1) is 12.3 Å². The second-order valence-corrected chi connectivity index (χ2v) is 6.04. The molecule has 2 rings (SSSR count). The highest BCUT2D eigenvalue weighted by Crippen LogP contribution is 2.34. The monoisotopic (exact) mass is 291 g/mol. The summed E-state index contributed by atoms with van der Waals surface area (Å²) in [4.78, 5) is 23.2. The number of carbonyl (C=O) groups excluding carboxylic acids is 1. The third-order valence-electron chi connectivity index (χ3n) is 4.23. The molecule has 0 radical (unpaired) electrons. The summed E-state index contributed by atoms with van der Waals surface area (Å²) >= 11 is 0. The van der Waals surface area contributed by atoms with E-state index < -0.39 is 0 Å². The molecule has 6 heteroatoms. The highest BCUT2D eigenvalue weighted by molar-refractivity contribution is 5.83. The fourth-order valence-electron chi connectivity index (χ4n) is 2.84. The molecule has 116 valence electrons. The molecule has 1 aliphatic heterocycles. The van der Waals surface area contributed by atoms with E-state index >= 15 is 0 Å². The van der Waals surface area contributed by atoms with Crippen molar-refractivity contribution in [1.82, 2.24) is 15.3 Å². The van der Waals surface area contributed by atoms with Crippen molar-refractivity contribution >= 4 is 17.5 Å². The number of aryl methyl sites for hydroxylation is 1. The number of amides is 1. The molecule has 1 aliphatic rings. The zero-order valence-corrected chi connectivity index (χ0v) is 13.4. The van der Waals surface area contributed by atoms with Crippen molar-refractivity contribution in [3.63, 3.8) is 0 Å². The van der Waals surface area contributed by atoms with Gasteiger partial charge >= 0.3 is 0 Å². The van der Waals surface area contributed by atoms with E-state index in [-0.39, 0.29) is 11.3 Å². The van der Waals surface area contributed by atoms with Crippen LogP contribution in [0.4, 0.5) is 11.6 Å². The Morgan fingerprint density at radius 1 is 1.48 bits per heavy atom. The van der Waals surface area contributed by atoms with Crippen LogP contribution in [-0.2, 0) is 11.2 Å². The van der Waals surface area contributed by atoms with E-state index in [1.54, 1.807) is 7.05 Å². The molecule has 0 spiro atoms. The quantitative estimate of drug-likeness (QED) is 0.873. The number of hydrogen-bond acceptors (Lipinski definition) is 5. The Morgan fingerprint density at radius 2 is 2.19 bits per heavy atom. The lowest BCUT2D eigenvalue weighted by Gasteiger charge is -2.24. The molecule has 1 amide bonds. The smallest absolute Gasteiger partial charge is 0.227 e. The van der Waals surface area contributed by atoms with Crippen molar-refractivity contribution in [2.24, 2.45) is 5.41 Å². The predicted molar refractivity (Wildman–Crippen MR) is 84.2 cm³/mol. The minimum Gasteiger partial charge on any atom is -0.383 e. The average Bonchev–Trinajstić information content (AvgIpc) is 2.85. The summed E-state index contributed by atoms with van der Waals surface area (Å²) in [6.45, 7) is 7.51. The molecule has 2 heterocycles. The van der Waals surface area contributed by atoms with E-state index in [0.29, 0.717) is 12.4 Å². The fraction of sp³-hybridized carbons (Fsp3) is 0.667. The zero-order chi connectivity index (χ0) is 15.6. The molecule has 0 saturated carbocycles. The van der Waals surface area contributed by atoms with Crippen LogP contribution < -0.4 is 16.0 Å². The molecule has 1 aromatic rings. The van der Waals surface area contributed by atoms with E-state index in [1.807, 2.05) is 13.8 Å². The number of anilines is 2. The highest BCUT2D eigenvalue weighted by atomic mass is 16.2. The van der Waals surface area contributed by atoms with Crippen molar-refractivity contribution in [2.75, 3.05) is 30.8 Å². The minimum absolute atomic E-state index is 0.0819. The van der Waals surface area contributed by atoms with Crippen molar-refractivity contribution in [3.05, 3.63) is 11.4 Å². The van der Waals surface area contributed by atoms with Crippen LogP contribution in [0.15, 0.2) is 0 Å². The first-order valence-corrected chi connectivity index (χ1v) is 7.51. The number of nitrogens with zero attached hydrogens (tertiary/aromatic N) is 3. The van der Waals surface area contributed by atoms with Crippen molar-refractivity contribution in [3.8, 4) is 0 Å². The van der Waals surface area contributed by atoms with Gasteiger partial charge in [-0.25, -0.2) is 9.97 Å². The summed E-state index contributed by atoms with van der Waals surface area (Å²) in [5, 5.41) is 2.75. The van der Waals surface area contributed by atoms with E-state index in [4.69, 9.17) is 5.73 Å². The Balaban J connectivity index is 2.29. The molecule has 21 heavy (non-hydrogen) atoms. The van der Waals surface area contributed by atoms with Crippen LogP contribution in [0.2, 0.25) is 0 Å². The molecule has 1 fully saturated rings. The van der Waals surface area contributed by atoms with Gasteiger partial charge in [-0.2, -0.15) is 0 Å². The van der Waals surface area contributed by atoms with Crippen molar-refractivity contribution < 1.29 is 4.79 Å². The predicted octanol–water partition coefficient (Wildman–Crippen LogP) is 1.28. The summed E-state index contributed by atoms with van der Waals surface area (Å²) in [5.74, 6) is 2.28. The maximum Gasteiger partial charge on any atom is 0.227 e. The highest BCUT2D eigenvalue weighted by Gasteiger charge is 2.40. The van der Waals surface area contributed by atoms with E-state index in [9.17, 15) is 4.79 Å². The topological polar surface area (TPSA) is 84.1 Å². The number of nitrogens with two attached hydrogens (primary N) is 1.